The van der Waals surface area contributed by atoms with Gasteiger partial charge in [0.15, 0.2) is 0 Å². The van der Waals surface area contributed by atoms with E-state index in [1.165, 1.54) is 0 Å². The first-order chi connectivity index (χ1) is 7.90. The Morgan fingerprint density at radius 1 is 1.50 bits per heavy atom. The van der Waals surface area contributed by atoms with E-state index in [4.69, 9.17) is 9.47 Å². The van der Waals surface area contributed by atoms with Gasteiger partial charge in [-0.25, -0.2) is 0 Å². The minimum absolute atomic E-state index is 0.374. The Bertz CT molecular complexity index is 325. The van der Waals surface area contributed by atoms with Crippen LogP contribution in [0, 0.1) is 0 Å². The maximum Gasteiger partial charge on any atom is 0.141 e. The summed E-state index contributed by atoms with van der Waals surface area (Å²) in [6, 6.07) is 8.30. The summed E-state index contributed by atoms with van der Waals surface area (Å²) in [5.74, 6) is 0.874. The van der Waals surface area contributed by atoms with Gasteiger partial charge in [0.05, 0.1) is 26.0 Å². The molecule has 2 rings (SSSR count). The summed E-state index contributed by atoms with van der Waals surface area (Å²) in [5.41, 5.74) is 1.03. The molecule has 0 bridgehead atoms. The van der Waals surface area contributed by atoms with Gasteiger partial charge < -0.3 is 20.1 Å². The van der Waals surface area contributed by atoms with Crippen LogP contribution in [0.25, 0.3) is 0 Å². The van der Waals surface area contributed by atoms with E-state index in [1.807, 2.05) is 24.3 Å². The number of rotatable bonds is 4. The molecular formula is C12H18N2O2. The number of methoxy groups -OCH3 is 1. The molecule has 88 valence electrons. The van der Waals surface area contributed by atoms with E-state index < -0.39 is 0 Å². The zero-order valence-electron chi connectivity index (χ0n) is 9.53. The van der Waals surface area contributed by atoms with Crippen molar-refractivity contribution in [3.63, 3.8) is 0 Å². The first kappa shape index (κ1) is 11.2. The fourth-order valence-corrected chi connectivity index (χ4v) is 1.77. The highest BCUT2D eigenvalue weighted by Gasteiger charge is 2.12. The van der Waals surface area contributed by atoms with Crippen molar-refractivity contribution >= 4 is 5.69 Å². The minimum Gasteiger partial charge on any atom is -0.495 e. The molecular weight excluding hydrogens is 204 g/mol. The fourth-order valence-electron chi connectivity index (χ4n) is 1.77. The molecule has 1 aromatic rings. The second kappa shape index (κ2) is 5.72. The summed E-state index contributed by atoms with van der Waals surface area (Å²) in [4.78, 5) is 0. The number of hydrogen-bond acceptors (Lipinski definition) is 4. The van der Waals surface area contributed by atoms with E-state index in [2.05, 4.69) is 10.6 Å². The van der Waals surface area contributed by atoms with Crippen LogP contribution in [0.2, 0.25) is 0 Å². The third kappa shape index (κ3) is 2.87. The Morgan fingerprint density at radius 2 is 2.38 bits per heavy atom. The summed E-state index contributed by atoms with van der Waals surface area (Å²) in [7, 11) is 1.68. The smallest absolute Gasteiger partial charge is 0.141 e. The SMILES string of the molecule is COc1ccccc1NC[C@H]1COCCN1. The molecule has 0 saturated carbocycles. The Morgan fingerprint density at radius 3 is 3.12 bits per heavy atom. The number of hydrogen-bond donors (Lipinski definition) is 2. The molecule has 0 amide bonds. The van der Waals surface area contributed by atoms with Gasteiger partial charge in [-0.05, 0) is 12.1 Å². The lowest BCUT2D eigenvalue weighted by molar-refractivity contribution is 0.0806. The minimum atomic E-state index is 0.374. The standard InChI is InChI=1S/C12H18N2O2/c1-15-12-5-3-2-4-11(12)14-8-10-9-16-7-6-13-10/h2-5,10,13-14H,6-9H2,1H3/t10-/m0/s1. The molecule has 4 nitrogen and oxygen atoms in total. The summed E-state index contributed by atoms with van der Waals surface area (Å²) in [6.07, 6.45) is 0. The van der Waals surface area contributed by atoms with E-state index in [0.29, 0.717) is 6.04 Å². The highest BCUT2D eigenvalue weighted by Crippen LogP contribution is 2.22. The van der Waals surface area contributed by atoms with Crippen LogP contribution in [0.4, 0.5) is 5.69 Å². The molecule has 2 N–H and O–H groups in total. The third-order valence-corrected chi connectivity index (χ3v) is 2.64. The molecule has 0 unspecified atom stereocenters. The van der Waals surface area contributed by atoms with Gasteiger partial charge in [0.1, 0.15) is 5.75 Å². The molecule has 1 heterocycles. The lowest BCUT2D eigenvalue weighted by Gasteiger charge is -2.24. The molecule has 1 aliphatic rings. The van der Waals surface area contributed by atoms with Crippen molar-refractivity contribution in [3.8, 4) is 5.75 Å². The zero-order chi connectivity index (χ0) is 11.2. The van der Waals surface area contributed by atoms with Gasteiger partial charge in [0.2, 0.25) is 0 Å². The van der Waals surface area contributed by atoms with Crippen LogP contribution in [-0.2, 0) is 4.74 Å². The van der Waals surface area contributed by atoms with Gasteiger partial charge in [-0.2, -0.15) is 0 Å². The number of benzene rings is 1. The van der Waals surface area contributed by atoms with Crippen LogP contribution in [0.15, 0.2) is 24.3 Å². The summed E-state index contributed by atoms with van der Waals surface area (Å²) < 4.78 is 10.7. The van der Waals surface area contributed by atoms with Crippen LogP contribution in [-0.4, -0.2) is 39.5 Å². The molecule has 1 fully saturated rings. The average Bonchev–Trinajstić information content (AvgIpc) is 2.38. The van der Waals surface area contributed by atoms with E-state index in [-0.39, 0.29) is 0 Å². The van der Waals surface area contributed by atoms with Crippen LogP contribution < -0.4 is 15.4 Å². The van der Waals surface area contributed by atoms with E-state index >= 15 is 0 Å². The predicted molar refractivity (Wildman–Crippen MR) is 64.1 cm³/mol. The van der Waals surface area contributed by atoms with Crippen molar-refractivity contribution in [2.24, 2.45) is 0 Å². The van der Waals surface area contributed by atoms with Crippen LogP contribution >= 0.6 is 0 Å². The largest absolute Gasteiger partial charge is 0.495 e. The molecule has 4 heteroatoms. The van der Waals surface area contributed by atoms with Crippen molar-refractivity contribution in [1.29, 1.82) is 0 Å². The topological polar surface area (TPSA) is 42.5 Å². The molecule has 0 spiro atoms. The summed E-state index contributed by atoms with van der Waals surface area (Å²) >= 11 is 0. The predicted octanol–water partition coefficient (Wildman–Crippen LogP) is 1.10. The van der Waals surface area contributed by atoms with Gasteiger partial charge in [-0.1, -0.05) is 12.1 Å². The normalized spacial score (nSPS) is 20.4. The van der Waals surface area contributed by atoms with Gasteiger partial charge in [-0.3, -0.25) is 0 Å². The second-order valence-corrected chi connectivity index (χ2v) is 3.81. The zero-order valence-corrected chi connectivity index (χ0v) is 9.53. The fraction of sp³-hybridized carbons (Fsp3) is 0.500. The summed E-state index contributed by atoms with van der Waals surface area (Å²) in [5, 5.41) is 6.76. The Hall–Kier alpha value is -1.26. The molecule has 0 aliphatic carbocycles. The maximum atomic E-state index is 5.39. The van der Waals surface area contributed by atoms with E-state index in [1.54, 1.807) is 7.11 Å². The Labute approximate surface area is 95.9 Å². The van der Waals surface area contributed by atoms with Gasteiger partial charge in [0.25, 0.3) is 0 Å². The molecule has 1 atom stereocenters. The Kier molecular flexibility index (Phi) is 4.02. The first-order valence-electron chi connectivity index (χ1n) is 5.58. The number of morpholine rings is 1. The monoisotopic (exact) mass is 222 g/mol. The van der Waals surface area contributed by atoms with Gasteiger partial charge >= 0.3 is 0 Å². The highest BCUT2D eigenvalue weighted by atomic mass is 16.5. The van der Waals surface area contributed by atoms with Crippen LogP contribution in [0.3, 0.4) is 0 Å². The van der Waals surface area contributed by atoms with Crippen molar-refractivity contribution < 1.29 is 9.47 Å². The number of nitrogens with one attached hydrogen (secondary N) is 2. The van der Waals surface area contributed by atoms with Crippen LogP contribution in [0.5, 0.6) is 5.75 Å². The van der Waals surface area contributed by atoms with Crippen molar-refractivity contribution in [2.75, 3.05) is 38.7 Å². The quantitative estimate of drug-likeness (QED) is 0.800. The molecule has 1 aliphatic heterocycles. The first-order valence-corrected chi connectivity index (χ1v) is 5.58. The van der Waals surface area contributed by atoms with Crippen molar-refractivity contribution in [3.05, 3.63) is 24.3 Å². The molecule has 1 saturated heterocycles. The second-order valence-electron chi connectivity index (χ2n) is 3.81. The van der Waals surface area contributed by atoms with Gasteiger partial charge in [-0.15, -0.1) is 0 Å². The van der Waals surface area contributed by atoms with Gasteiger partial charge in [0, 0.05) is 19.1 Å². The summed E-state index contributed by atoms with van der Waals surface area (Å²) in [6.45, 7) is 3.35. The van der Waals surface area contributed by atoms with E-state index in [9.17, 15) is 0 Å². The molecule has 0 aromatic heterocycles. The average molecular weight is 222 g/mol. The van der Waals surface area contributed by atoms with E-state index in [0.717, 1.165) is 37.7 Å². The maximum absolute atomic E-state index is 5.39. The number of ether oxygens (including phenoxy) is 2. The molecule has 0 radical (unpaired) electrons. The van der Waals surface area contributed by atoms with Crippen molar-refractivity contribution in [1.82, 2.24) is 5.32 Å². The van der Waals surface area contributed by atoms with Crippen LogP contribution in [0.1, 0.15) is 0 Å². The molecule has 16 heavy (non-hydrogen) atoms. The third-order valence-electron chi connectivity index (χ3n) is 2.64. The number of anilines is 1. The highest BCUT2D eigenvalue weighted by molar-refractivity contribution is 5.56. The lowest BCUT2D eigenvalue weighted by Crippen LogP contribution is -2.45. The molecule has 1 aromatic carbocycles. The lowest BCUT2D eigenvalue weighted by atomic mass is 10.2. The van der Waals surface area contributed by atoms with Crippen molar-refractivity contribution in [2.45, 2.75) is 6.04 Å². The number of para-hydroxylation sites is 2. The Balaban J connectivity index is 1.88.